The topological polar surface area (TPSA) is 62.7 Å². The molecule has 1 aliphatic rings. The Balaban J connectivity index is 2.21. The van der Waals surface area contributed by atoms with Crippen LogP contribution < -0.4 is 5.73 Å². The molecule has 1 aliphatic heterocycles. The van der Waals surface area contributed by atoms with Crippen LogP contribution in [0.5, 0.6) is 0 Å². The maximum absolute atomic E-state index is 11.9. The van der Waals surface area contributed by atoms with E-state index in [1.165, 1.54) is 0 Å². The minimum absolute atomic E-state index is 0.0173. The van der Waals surface area contributed by atoms with Crippen LogP contribution >= 0.6 is 0 Å². The van der Waals surface area contributed by atoms with E-state index < -0.39 is 0 Å². The number of piperazine rings is 1. The van der Waals surface area contributed by atoms with E-state index in [0.29, 0.717) is 6.54 Å². The maximum Gasteiger partial charge on any atom is 0.236 e. The van der Waals surface area contributed by atoms with E-state index in [4.69, 9.17) is 10.2 Å². The van der Waals surface area contributed by atoms with Crippen LogP contribution in [-0.4, -0.2) is 48.4 Å². The number of aryl methyl sites for hydroxylation is 1. The van der Waals surface area contributed by atoms with Gasteiger partial charge in [-0.15, -0.1) is 0 Å². The zero-order valence-corrected chi connectivity index (χ0v) is 11.9. The summed E-state index contributed by atoms with van der Waals surface area (Å²) < 4.78 is 5.74. The Kier molecular flexibility index (Phi) is 4.27. The first-order chi connectivity index (χ1) is 9.02. The van der Waals surface area contributed by atoms with E-state index in [1.807, 2.05) is 26.1 Å². The summed E-state index contributed by atoms with van der Waals surface area (Å²) in [4.78, 5) is 15.8. The number of hydrogen-bond donors (Lipinski definition) is 1. The SMILES string of the molecule is CCC(N)C(c1ccc(C)o1)N1CCN(C)C(=O)C1. The summed E-state index contributed by atoms with van der Waals surface area (Å²) in [5.41, 5.74) is 6.24. The molecular weight excluding hydrogens is 242 g/mol. The van der Waals surface area contributed by atoms with Gasteiger partial charge >= 0.3 is 0 Å². The summed E-state index contributed by atoms with van der Waals surface area (Å²) in [6.07, 6.45) is 0.852. The van der Waals surface area contributed by atoms with Crippen molar-refractivity contribution >= 4 is 5.91 Å². The second-order valence-electron chi connectivity index (χ2n) is 5.25. The van der Waals surface area contributed by atoms with Crippen molar-refractivity contribution in [3.63, 3.8) is 0 Å². The fraction of sp³-hybridized carbons (Fsp3) is 0.643. The van der Waals surface area contributed by atoms with Gasteiger partial charge in [0.25, 0.3) is 0 Å². The molecule has 2 atom stereocenters. The van der Waals surface area contributed by atoms with E-state index in [1.54, 1.807) is 4.90 Å². The molecule has 2 unspecified atom stereocenters. The number of nitrogens with zero attached hydrogens (tertiary/aromatic N) is 2. The van der Waals surface area contributed by atoms with E-state index >= 15 is 0 Å². The van der Waals surface area contributed by atoms with Gasteiger partial charge in [0.1, 0.15) is 11.5 Å². The molecule has 1 fully saturated rings. The standard InChI is InChI=1S/C14H23N3O2/c1-4-11(15)14(12-6-5-10(2)19-12)17-8-7-16(3)13(18)9-17/h5-6,11,14H,4,7-9,15H2,1-3H3. The van der Waals surface area contributed by atoms with E-state index in [0.717, 1.165) is 31.0 Å². The highest BCUT2D eigenvalue weighted by atomic mass is 16.3. The second-order valence-corrected chi connectivity index (χ2v) is 5.25. The summed E-state index contributed by atoms with van der Waals surface area (Å²) >= 11 is 0. The Labute approximate surface area is 114 Å². The number of likely N-dealkylation sites (N-methyl/N-ethyl adjacent to an activating group) is 1. The Morgan fingerprint density at radius 3 is 2.68 bits per heavy atom. The average molecular weight is 265 g/mol. The summed E-state index contributed by atoms with van der Waals surface area (Å²) in [7, 11) is 1.84. The molecular formula is C14H23N3O2. The second kappa shape index (κ2) is 5.75. The Morgan fingerprint density at radius 2 is 2.16 bits per heavy atom. The minimum Gasteiger partial charge on any atom is -0.465 e. The zero-order valence-electron chi connectivity index (χ0n) is 11.9. The molecule has 0 bridgehead atoms. The van der Waals surface area contributed by atoms with E-state index in [9.17, 15) is 4.79 Å². The van der Waals surface area contributed by atoms with Crippen molar-refractivity contribution < 1.29 is 9.21 Å². The van der Waals surface area contributed by atoms with Crippen molar-refractivity contribution in [2.75, 3.05) is 26.7 Å². The van der Waals surface area contributed by atoms with Gasteiger partial charge in [-0.05, 0) is 25.5 Å². The predicted molar refractivity (Wildman–Crippen MR) is 73.7 cm³/mol. The van der Waals surface area contributed by atoms with Gasteiger partial charge < -0.3 is 15.1 Å². The molecule has 19 heavy (non-hydrogen) atoms. The average Bonchev–Trinajstić information content (AvgIpc) is 2.80. The lowest BCUT2D eigenvalue weighted by atomic mass is 10.0. The van der Waals surface area contributed by atoms with Gasteiger partial charge in [-0.25, -0.2) is 0 Å². The highest BCUT2D eigenvalue weighted by molar-refractivity contribution is 5.78. The summed E-state index contributed by atoms with van der Waals surface area (Å²) in [5.74, 6) is 1.88. The highest BCUT2D eigenvalue weighted by Gasteiger charge is 2.33. The van der Waals surface area contributed by atoms with Gasteiger partial charge in [-0.3, -0.25) is 9.69 Å². The Bertz CT molecular complexity index is 444. The lowest BCUT2D eigenvalue weighted by molar-refractivity contribution is -0.135. The van der Waals surface area contributed by atoms with Gasteiger partial charge in [0, 0.05) is 26.2 Å². The van der Waals surface area contributed by atoms with Crippen molar-refractivity contribution in [3.8, 4) is 0 Å². The molecule has 5 nitrogen and oxygen atoms in total. The van der Waals surface area contributed by atoms with Gasteiger partial charge in [-0.2, -0.15) is 0 Å². The third-order valence-electron chi connectivity index (χ3n) is 3.81. The van der Waals surface area contributed by atoms with Crippen molar-refractivity contribution in [2.24, 2.45) is 5.73 Å². The molecule has 1 aromatic rings. The monoisotopic (exact) mass is 265 g/mol. The van der Waals surface area contributed by atoms with Gasteiger partial charge in [0.2, 0.25) is 5.91 Å². The van der Waals surface area contributed by atoms with Crippen molar-refractivity contribution in [1.82, 2.24) is 9.80 Å². The van der Waals surface area contributed by atoms with Crippen LogP contribution in [0.25, 0.3) is 0 Å². The fourth-order valence-corrected chi connectivity index (χ4v) is 2.51. The number of hydrogen-bond acceptors (Lipinski definition) is 4. The van der Waals surface area contributed by atoms with Crippen LogP contribution in [0.4, 0.5) is 0 Å². The molecule has 0 saturated carbocycles. The number of carbonyl (C=O) groups is 1. The third-order valence-corrected chi connectivity index (χ3v) is 3.81. The number of rotatable bonds is 4. The minimum atomic E-state index is -0.0262. The third kappa shape index (κ3) is 2.98. The normalized spacial score (nSPS) is 20.6. The number of nitrogens with two attached hydrogens (primary N) is 1. The Hall–Kier alpha value is -1.33. The molecule has 0 aliphatic carbocycles. The zero-order chi connectivity index (χ0) is 14.0. The van der Waals surface area contributed by atoms with Crippen molar-refractivity contribution in [3.05, 3.63) is 23.7 Å². The number of furan rings is 1. The summed E-state index contributed by atoms with van der Waals surface area (Å²) in [6.45, 7) is 5.97. The van der Waals surface area contributed by atoms with Gasteiger partial charge in [0.15, 0.2) is 0 Å². The molecule has 1 saturated heterocycles. The predicted octanol–water partition coefficient (Wildman–Crippen LogP) is 1.14. The summed E-state index contributed by atoms with van der Waals surface area (Å²) in [5, 5.41) is 0. The molecule has 106 valence electrons. The van der Waals surface area contributed by atoms with E-state index in [-0.39, 0.29) is 18.0 Å². The molecule has 2 heterocycles. The largest absolute Gasteiger partial charge is 0.465 e. The molecule has 2 N–H and O–H groups in total. The van der Waals surface area contributed by atoms with Crippen LogP contribution in [-0.2, 0) is 4.79 Å². The van der Waals surface area contributed by atoms with Crippen molar-refractivity contribution in [1.29, 1.82) is 0 Å². The molecule has 1 aromatic heterocycles. The van der Waals surface area contributed by atoms with E-state index in [2.05, 4.69) is 11.8 Å². The van der Waals surface area contributed by atoms with Crippen molar-refractivity contribution in [2.45, 2.75) is 32.4 Å². The first kappa shape index (κ1) is 14.1. The molecule has 0 radical (unpaired) electrons. The maximum atomic E-state index is 11.9. The molecule has 0 spiro atoms. The number of amides is 1. The molecule has 5 heteroatoms. The fourth-order valence-electron chi connectivity index (χ4n) is 2.51. The summed E-state index contributed by atoms with van der Waals surface area (Å²) in [6, 6.07) is 3.87. The lowest BCUT2D eigenvalue weighted by Gasteiger charge is -2.38. The first-order valence-corrected chi connectivity index (χ1v) is 6.83. The number of carbonyl (C=O) groups excluding carboxylic acids is 1. The van der Waals surface area contributed by atoms with Gasteiger partial charge in [-0.1, -0.05) is 6.92 Å². The van der Waals surface area contributed by atoms with Crippen LogP contribution in [0.1, 0.15) is 30.9 Å². The van der Waals surface area contributed by atoms with Crippen LogP contribution in [0, 0.1) is 6.92 Å². The molecule has 0 aromatic carbocycles. The van der Waals surface area contributed by atoms with Crippen LogP contribution in [0.2, 0.25) is 0 Å². The molecule has 2 rings (SSSR count). The quantitative estimate of drug-likeness (QED) is 0.887. The Morgan fingerprint density at radius 1 is 1.42 bits per heavy atom. The van der Waals surface area contributed by atoms with Crippen LogP contribution in [0.3, 0.4) is 0 Å². The van der Waals surface area contributed by atoms with Crippen LogP contribution in [0.15, 0.2) is 16.5 Å². The smallest absolute Gasteiger partial charge is 0.236 e. The first-order valence-electron chi connectivity index (χ1n) is 6.83. The van der Waals surface area contributed by atoms with Gasteiger partial charge in [0.05, 0.1) is 12.6 Å². The molecule has 1 amide bonds. The lowest BCUT2D eigenvalue weighted by Crippen LogP contribution is -2.52. The highest BCUT2D eigenvalue weighted by Crippen LogP contribution is 2.27.